The van der Waals surface area contributed by atoms with Gasteiger partial charge < -0.3 is 33.2 Å². The van der Waals surface area contributed by atoms with Crippen LogP contribution in [-0.4, -0.2) is 109 Å². The van der Waals surface area contributed by atoms with Crippen LogP contribution in [0.25, 0.3) is 0 Å². The second kappa shape index (κ2) is 25.0. The third-order valence-electron chi connectivity index (χ3n) is 5.01. The Morgan fingerprint density at radius 3 is 0.932 bits per heavy atom. The van der Waals surface area contributed by atoms with Gasteiger partial charge in [-0.2, -0.15) is 75.8 Å². The van der Waals surface area contributed by atoms with Gasteiger partial charge in [-0.15, -0.1) is 0 Å². The Labute approximate surface area is 289 Å². The fourth-order valence-electron chi connectivity index (χ4n) is 2.93. The first-order chi connectivity index (χ1) is 20.9. The van der Waals surface area contributed by atoms with Crippen molar-refractivity contribution in [1.82, 2.24) is 0 Å². The van der Waals surface area contributed by atoms with Crippen LogP contribution in [0.4, 0.5) is 0 Å². The molecule has 44 heavy (non-hydrogen) atoms. The minimum atomic E-state index is -2.68. The number of hydrogen-bond donors (Lipinski definition) is 6. The molecule has 254 valence electrons. The maximum atomic E-state index is 12.5. The highest BCUT2D eigenvalue weighted by Crippen LogP contribution is 2.26. The van der Waals surface area contributed by atoms with E-state index in [1.54, 1.807) is 0 Å². The molecule has 19 heteroatoms. The standard InChI is InChI=1S/C25H40O13S6/c26-18(1-7-39)33-14-24(15-34-19(27)2-8-40,16-35-20(28)3-9-41)13-32-17-25(36-21(29)4-10-42,37-22(30)5-11-43)38-23(31)6-12-44/h39-44H,1-17H2. The number of rotatable bonds is 25. The van der Waals surface area contributed by atoms with E-state index in [0.29, 0.717) is 0 Å². The first kappa shape index (κ1) is 42.9. The number of hydrogen-bond acceptors (Lipinski definition) is 19. The van der Waals surface area contributed by atoms with Crippen molar-refractivity contribution in [2.45, 2.75) is 44.5 Å². The highest BCUT2D eigenvalue weighted by molar-refractivity contribution is 7.81. The summed E-state index contributed by atoms with van der Waals surface area (Å²) in [6, 6.07) is 0. The van der Waals surface area contributed by atoms with E-state index in [2.05, 4.69) is 75.8 Å². The summed E-state index contributed by atoms with van der Waals surface area (Å²) in [5, 5.41) is 0. The molecule has 0 aromatic rings. The van der Waals surface area contributed by atoms with E-state index in [-0.39, 0.29) is 73.0 Å². The van der Waals surface area contributed by atoms with E-state index in [0.717, 1.165) is 0 Å². The number of ether oxygens (including phenoxy) is 7. The molecule has 0 bridgehead atoms. The van der Waals surface area contributed by atoms with Crippen molar-refractivity contribution in [2.75, 3.05) is 67.6 Å². The predicted molar refractivity (Wildman–Crippen MR) is 178 cm³/mol. The SMILES string of the molecule is O=C(CCS)OCC(COCC(OC(=O)CCS)(OC(=O)CCS)OC(=O)CCS)(COC(=O)CCS)COC(=O)CCS. The lowest BCUT2D eigenvalue weighted by Crippen LogP contribution is -2.50. The van der Waals surface area contributed by atoms with E-state index in [9.17, 15) is 28.8 Å². The van der Waals surface area contributed by atoms with Crippen molar-refractivity contribution in [2.24, 2.45) is 5.41 Å². The van der Waals surface area contributed by atoms with Gasteiger partial charge >= 0.3 is 41.8 Å². The summed E-state index contributed by atoms with van der Waals surface area (Å²) in [4.78, 5) is 74.1. The zero-order chi connectivity index (χ0) is 33.4. The third-order valence-corrected chi connectivity index (χ3v) is 6.35. The minimum absolute atomic E-state index is 0.0503. The van der Waals surface area contributed by atoms with Crippen LogP contribution in [0.1, 0.15) is 38.5 Å². The molecule has 13 nitrogen and oxygen atoms in total. The molecule has 0 unspecified atom stereocenters. The molecule has 0 saturated heterocycles. The molecule has 0 fully saturated rings. The van der Waals surface area contributed by atoms with E-state index in [1.807, 2.05) is 0 Å². The number of carbonyl (C=O) groups excluding carboxylic acids is 6. The van der Waals surface area contributed by atoms with Gasteiger partial charge in [0.15, 0.2) is 6.61 Å². The summed E-state index contributed by atoms with van der Waals surface area (Å²) in [5.41, 5.74) is -1.52. The fourth-order valence-corrected chi connectivity index (χ4v) is 4.03. The normalized spacial score (nSPS) is 11.3. The lowest BCUT2D eigenvalue weighted by atomic mass is 9.92. The van der Waals surface area contributed by atoms with Gasteiger partial charge in [0.1, 0.15) is 19.8 Å². The van der Waals surface area contributed by atoms with Gasteiger partial charge in [-0.1, -0.05) is 0 Å². The Kier molecular flexibility index (Phi) is 24.4. The van der Waals surface area contributed by atoms with E-state index >= 15 is 0 Å². The zero-order valence-corrected chi connectivity index (χ0v) is 29.4. The van der Waals surface area contributed by atoms with Crippen molar-refractivity contribution in [1.29, 1.82) is 0 Å². The molecule has 0 amide bonds. The van der Waals surface area contributed by atoms with Gasteiger partial charge in [-0.05, 0) is 0 Å². The van der Waals surface area contributed by atoms with Crippen LogP contribution in [-0.2, 0) is 61.9 Å². The monoisotopic (exact) mass is 740 g/mol. The molecule has 0 aliphatic heterocycles. The molecule has 0 aromatic carbocycles. The average Bonchev–Trinajstić information content (AvgIpc) is 2.94. The van der Waals surface area contributed by atoms with Gasteiger partial charge in [0.05, 0.1) is 50.5 Å². The first-order valence-electron chi connectivity index (χ1n) is 13.3. The maximum Gasteiger partial charge on any atom is 0.448 e. The molecular weight excluding hydrogens is 701 g/mol. The Morgan fingerprint density at radius 1 is 0.386 bits per heavy atom. The lowest BCUT2D eigenvalue weighted by Gasteiger charge is -2.34. The third kappa shape index (κ3) is 19.4. The van der Waals surface area contributed by atoms with Crippen molar-refractivity contribution >= 4 is 112 Å². The molecule has 0 saturated carbocycles. The molecule has 0 aromatic heterocycles. The van der Waals surface area contributed by atoms with Crippen LogP contribution in [0.2, 0.25) is 0 Å². The van der Waals surface area contributed by atoms with Gasteiger partial charge in [0.25, 0.3) is 0 Å². The van der Waals surface area contributed by atoms with Crippen LogP contribution in [0.15, 0.2) is 0 Å². The van der Waals surface area contributed by atoms with E-state index < -0.39 is 80.2 Å². The maximum absolute atomic E-state index is 12.5. The molecule has 0 aliphatic carbocycles. The Balaban J connectivity index is 6.44. The van der Waals surface area contributed by atoms with Gasteiger partial charge in [-0.3, -0.25) is 28.8 Å². The van der Waals surface area contributed by atoms with E-state index in [4.69, 9.17) is 33.2 Å². The van der Waals surface area contributed by atoms with Crippen LogP contribution < -0.4 is 0 Å². The molecule has 0 N–H and O–H groups in total. The van der Waals surface area contributed by atoms with Gasteiger partial charge in [0.2, 0.25) is 0 Å². The van der Waals surface area contributed by atoms with E-state index in [1.165, 1.54) is 0 Å². The summed E-state index contributed by atoms with van der Waals surface area (Å²) in [7, 11) is 0. The number of thiol groups is 6. The molecule has 0 radical (unpaired) electrons. The smallest absolute Gasteiger partial charge is 0.448 e. The van der Waals surface area contributed by atoms with Crippen molar-refractivity contribution in [3.63, 3.8) is 0 Å². The molecular formula is C25H40O13S6. The molecule has 0 aliphatic rings. The minimum Gasteiger partial charge on any atom is -0.465 e. The largest absolute Gasteiger partial charge is 0.465 e. The second-order valence-electron chi connectivity index (χ2n) is 8.92. The van der Waals surface area contributed by atoms with Crippen LogP contribution >= 0.6 is 75.8 Å². The van der Waals surface area contributed by atoms with Gasteiger partial charge in [-0.25, -0.2) is 0 Å². The van der Waals surface area contributed by atoms with Crippen molar-refractivity contribution in [3.8, 4) is 0 Å². The Bertz CT molecular complexity index is 816. The summed E-state index contributed by atoms with van der Waals surface area (Å²) in [5.74, 6) is -6.71. The summed E-state index contributed by atoms with van der Waals surface area (Å²) >= 11 is 24.0. The first-order valence-corrected chi connectivity index (χ1v) is 17.1. The summed E-state index contributed by atoms with van der Waals surface area (Å²) in [6.07, 6.45) is -0.882. The molecule has 0 heterocycles. The van der Waals surface area contributed by atoms with Crippen molar-refractivity contribution < 1.29 is 61.9 Å². The highest BCUT2D eigenvalue weighted by Gasteiger charge is 2.46. The molecule has 0 spiro atoms. The summed E-state index contributed by atoms with van der Waals surface area (Å²) < 4.78 is 37.7. The number of carbonyl (C=O) groups is 6. The zero-order valence-electron chi connectivity index (χ0n) is 24.0. The fraction of sp³-hybridized carbons (Fsp3) is 0.760. The second-order valence-corrected chi connectivity index (χ2v) is 11.6. The van der Waals surface area contributed by atoms with Crippen LogP contribution in [0.3, 0.4) is 0 Å². The van der Waals surface area contributed by atoms with Crippen LogP contribution in [0, 0.1) is 5.41 Å². The predicted octanol–water partition coefficient (Wildman–Crippen LogP) is 1.82. The average molecular weight is 741 g/mol. The Morgan fingerprint density at radius 2 is 0.659 bits per heavy atom. The molecule has 0 atom stereocenters. The highest BCUT2D eigenvalue weighted by atomic mass is 32.1. The topological polar surface area (TPSA) is 167 Å². The lowest BCUT2D eigenvalue weighted by molar-refractivity contribution is -0.347. The van der Waals surface area contributed by atoms with Gasteiger partial charge in [0, 0.05) is 34.5 Å². The quantitative estimate of drug-likeness (QED) is 0.0348. The number of esters is 6. The Hall–Kier alpha value is -1.12. The molecule has 0 rings (SSSR count). The van der Waals surface area contributed by atoms with Crippen LogP contribution in [0.5, 0.6) is 0 Å². The van der Waals surface area contributed by atoms with Crippen molar-refractivity contribution in [3.05, 3.63) is 0 Å². The summed E-state index contributed by atoms with van der Waals surface area (Å²) in [6.45, 7) is -2.78.